The Labute approximate surface area is 203 Å². The zero-order chi connectivity index (χ0) is 24.9. The van der Waals surface area contributed by atoms with Crippen molar-refractivity contribution in [3.8, 4) is 5.75 Å². The van der Waals surface area contributed by atoms with E-state index in [0.717, 1.165) is 5.56 Å². The van der Waals surface area contributed by atoms with E-state index in [2.05, 4.69) is 10.0 Å². The van der Waals surface area contributed by atoms with Crippen molar-refractivity contribution in [1.29, 1.82) is 0 Å². The summed E-state index contributed by atoms with van der Waals surface area (Å²) >= 11 is 5.91. The number of aromatic nitrogens is 1. The second-order valence-corrected chi connectivity index (χ2v) is 10.1. The molecule has 0 aliphatic carbocycles. The minimum atomic E-state index is -3.90. The maximum atomic E-state index is 13.0. The maximum Gasteiger partial charge on any atom is 0.272 e. The van der Waals surface area contributed by atoms with Gasteiger partial charge in [-0.3, -0.25) is 9.59 Å². The number of rotatable bonds is 9. The summed E-state index contributed by atoms with van der Waals surface area (Å²) in [5.41, 5.74) is 0.601. The van der Waals surface area contributed by atoms with Crippen LogP contribution in [0, 0.1) is 0 Å². The van der Waals surface area contributed by atoms with Crippen molar-refractivity contribution in [3.63, 3.8) is 0 Å². The highest BCUT2D eigenvalue weighted by Crippen LogP contribution is 2.19. The van der Waals surface area contributed by atoms with E-state index in [1.807, 2.05) is 30.3 Å². The largest absolute Gasteiger partial charge is 0.483 e. The minimum Gasteiger partial charge on any atom is -0.483 e. The molecule has 180 valence electrons. The van der Waals surface area contributed by atoms with Gasteiger partial charge in [0.2, 0.25) is 15.5 Å². The van der Waals surface area contributed by atoms with Gasteiger partial charge in [0.15, 0.2) is 11.4 Å². The number of carbonyl (C=O) groups excluding carboxylic acids is 1. The van der Waals surface area contributed by atoms with Gasteiger partial charge in [0.25, 0.3) is 5.91 Å². The Hall–Kier alpha value is -3.14. The van der Waals surface area contributed by atoms with Gasteiger partial charge < -0.3 is 14.6 Å². The summed E-state index contributed by atoms with van der Waals surface area (Å²) in [4.78, 5) is 25.9. The normalized spacial score (nSPS) is 11.4. The average molecular weight is 504 g/mol. The molecule has 0 saturated heterocycles. The summed E-state index contributed by atoms with van der Waals surface area (Å²) in [5.74, 6) is -0.608. The molecule has 1 amide bonds. The molecule has 1 heterocycles. The van der Waals surface area contributed by atoms with Crippen LogP contribution in [0.3, 0.4) is 0 Å². The maximum absolute atomic E-state index is 13.0. The van der Waals surface area contributed by atoms with E-state index in [0.29, 0.717) is 0 Å². The molecule has 10 heteroatoms. The number of halogens is 1. The fraction of sp³-hybridized carbons (Fsp3) is 0.250. The van der Waals surface area contributed by atoms with Crippen molar-refractivity contribution in [1.82, 2.24) is 14.6 Å². The molecule has 0 fully saturated rings. The number of nitrogens with zero attached hydrogens (tertiary/aromatic N) is 1. The molecule has 0 aliphatic heterocycles. The molecule has 0 aliphatic rings. The van der Waals surface area contributed by atoms with Crippen LogP contribution in [0.15, 0.2) is 70.4 Å². The van der Waals surface area contributed by atoms with Crippen molar-refractivity contribution >= 4 is 27.5 Å². The van der Waals surface area contributed by atoms with Gasteiger partial charge in [0.05, 0.1) is 11.4 Å². The molecule has 0 saturated carbocycles. The predicted octanol–water partition coefficient (Wildman–Crippen LogP) is 3.23. The Kier molecular flexibility index (Phi) is 8.14. The van der Waals surface area contributed by atoms with Gasteiger partial charge in [0, 0.05) is 29.9 Å². The average Bonchev–Trinajstić information content (AvgIpc) is 2.78. The molecular formula is C24H26ClN3O5S. The zero-order valence-electron chi connectivity index (χ0n) is 19.0. The first-order chi connectivity index (χ1) is 16.1. The highest BCUT2D eigenvalue weighted by atomic mass is 35.5. The topological polar surface area (TPSA) is 106 Å². The number of sulfonamides is 1. The lowest BCUT2D eigenvalue weighted by Crippen LogP contribution is -2.35. The summed E-state index contributed by atoms with van der Waals surface area (Å²) in [6.07, 6.45) is 0. The fourth-order valence-electron chi connectivity index (χ4n) is 3.24. The molecular weight excluding hydrogens is 478 g/mol. The number of pyridine rings is 1. The van der Waals surface area contributed by atoms with E-state index in [1.54, 1.807) is 27.0 Å². The predicted molar refractivity (Wildman–Crippen MR) is 131 cm³/mol. The summed E-state index contributed by atoms with van der Waals surface area (Å²) in [7, 11) is -2.32. The third-order valence-corrected chi connectivity index (χ3v) is 6.55. The minimum absolute atomic E-state index is 0.00841. The lowest BCUT2D eigenvalue weighted by molar-refractivity contribution is 0.0927. The Balaban J connectivity index is 1.94. The SMILES string of the molecule is CC(C)NC(=O)c1c(OCc2ccccc2)c(=O)cc(CNS(=O)(=O)c2cccc(Cl)c2)n1C. The van der Waals surface area contributed by atoms with Crippen LogP contribution in [0.1, 0.15) is 35.6 Å². The number of nitrogens with one attached hydrogen (secondary N) is 2. The molecule has 3 rings (SSSR count). The number of carbonyl (C=O) groups is 1. The quantitative estimate of drug-likeness (QED) is 0.466. The molecule has 0 bridgehead atoms. The summed E-state index contributed by atoms with van der Waals surface area (Å²) in [6.45, 7) is 3.47. The Morgan fingerprint density at radius 3 is 2.44 bits per heavy atom. The van der Waals surface area contributed by atoms with Gasteiger partial charge in [-0.1, -0.05) is 48.0 Å². The number of ether oxygens (including phenoxy) is 1. The van der Waals surface area contributed by atoms with Crippen LogP contribution >= 0.6 is 11.6 Å². The summed E-state index contributed by atoms with van der Waals surface area (Å²) in [6, 6.07) is 16.1. The van der Waals surface area contributed by atoms with Gasteiger partial charge in [-0.2, -0.15) is 0 Å². The first-order valence-electron chi connectivity index (χ1n) is 10.5. The van der Waals surface area contributed by atoms with Crippen molar-refractivity contribution in [2.45, 2.75) is 37.9 Å². The Morgan fingerprint density at radius 2 is 1.79 bits per heavy atom. The van der Waals surface area contributed by atoms with Crippen LogP contribution < -0.4 is 20.2 Å². The van der Waals surface area contributed by atoms with E-state index in [4.69, 9.17) is 16.3 Å². The lowest BCUT2D eigenvalue weighted by atomic mass is 10.2. The molecule has 0 unspecified atom stereocenters. The monoisotopic (exact) mass is 503 g/mol. The molecule has 2 aromatic carbocycles. The van der Waals surface area contributed by atoms with E-state index >= 15 is 0 Å². The third-order valence-electron chi connectivity index (χ3n) is 4.91. The highest BCUT2D eigenvalue weighted by molar-refractivity contribution is 7.89. The van der Waals surface area contributed by atoms with Gasteiger partial charge in [-0.15, -0.1) is 0 Å². The standard InChI is InChI=1S/C24H26ClN3O5S/c1-16(2)27-24(30)22-23(33-15-17-8-5-4-6-9-17)21(29)13-19(28(22)3)14-26-34(31,32)20-11-7-10-18(25)12-20/h4-13,16,26H,14-15H2,1-3H3,(H,27,30). The second-order valence-electron chi connectivity index (χ2n) is 7.92. The zero-order valence-corrected chi connectivity index (χ0v) is 20.6. The molecule has 8 nitrogen and oxygen atoms in total. The van der Waals surface area contributed by atoms with Crippen LogP contribution in [0.25, 0.3) is 0 Å². The van der Waals surface area contributed by atoms with Gasteiger partial charge in [0.1, 0.15) is 6.61 Å². The number of hydrogen-bond donors (Lipinski definition) is 2. The van der Waals surface area contributed by atoms with Crippen molar-refractivity contribution in [3.05, 3.63) is 92.9 Å². The lowest BCUT2D eigenvalue weighted by Gasteiger charge is -2.19. The Bertz CT molecular complexity index is 1340. The third kappa shape index (κ3) is 6.25. The number of benzene rings is 2. The molecule has 34 heavy (non-hydrogen) atoms. The van der Waals surface area contributed by atoms with E-state index in [9.17, 15) is 18.0 Å². The van der Waals surface area contributed by atoms with E-state index < -0.39 is 21.4 Å². The Morgan fingerprint density at radius 1 is 1.09 bits per heavy atom. The summed E-state index contributed by atoms with van der Waals surface area (Å²) < 4.78 is 35.1. The van der Waals surface area contributed by atoms with Crippen molar-refractivity contribution in [2.75, 3.05) is 0 Å². The molecule has 0 spiro atoms. The van der Waals surface area contributed by atoms with Crippen LogP contribution in [-0.2, 0) is 30.2 Å². The molecule has 2 N–H and O–H groups in total. The van der Waals surface area contributed by atoms with Gasteiger partial charge in [-0.05, 0) is 37.6 Å². The van der Waals surface area contributed by atoms with Gasteiger partial charge in [-0.25, -0.2) is 13.1 Å². The fourth-order valence-corrected chi connectivity index (χ4v) is 4.54. The highest BCUT2D eigenvalue weighted by Gasteiger charge is 2.23. The van der Waals surface area contributed by atoms with Crippen LogP contribution in [0.5, 0.6) is 5.75 Å². The molecule has 0 atom stereocenters. The molecule has 0 radical (unpaired) electrons. The number of amides is 1. The van der Waals surface area contributed by atoms with E-state index in [-0.39, 0.29) is 46.2 Å². The summed E-state index contributed by atoms with van der Waals surface area (Å²) in [5, 5.41) is 3.05. The van der Waals surface area contributed by atoms with Crippen LogP contribution in [-0.4, -0.2) is 24.9 Å². The number of hydrogen-bond acceptors (Lipinski definition) is 5. The molecule has 1 aromatic heterocycles. The first-order valence-corrected chi connectivity index (χ1v) is 12.4. The van der Waals surface area contributed by atoms with Crippen molar-refractivity contribution < 1.29 is 17.9 Å². The first kappa shape index (κ1) is 25.5. The van der Waals surface area contributed by atoms with Gasteiger partial charge >= 0.3 is 0 Å². The van der Waals surface area contributed by atoms with Crippen LogP contribution in [0.4, 0.5) is 0 Å². The second kappa shape index (κ2) is 10.9. The smallest absolute Gasteiger partial charge is 0.272 e. The van der Waals surface area contributed by atoms with Crippen LogP contribution in [0.2, 0.25) is 5.02 Å². The van der Waals surface area contributed by atoms with E-state index in [1.165, 1.54) is 28.8 Å². The molecule has 3 aromatic rings. The van der Waals surface area contributed by atoms with Crippen molar-refractivity contribution in [2.24, 2.45) is 7.05 Å².